The van der Waals surface area contributed by atoms with E-state index in [1.165, 1.54) is 17.8 Å². The molecule has 0 N–H and O–H groups in total. The Morgan fingerprint density at radius 2 is 1.74 bits per heavy atom. The Morgan fingerprint density at radius 1 is 1.00 bits per heavy atom. The highest BCUT2D eigenvalue weighted by molar-refractivity contribution is 7.98. The minimum Gasteiger partial charge on any atom is -0.490 e. The number of nitrogens with zero attached hydrogens (tertiary/aromatic N) is 2. The normalized spacial score (nSPS) is 22.0. The molecule has 6 nitrogen and oxygen atoms in total. The van der Waals surface area contributed by atoms with Gasteiger partial charge in [-0.3, -0.25) is 4.79 Å². The maximum absolute atomic E-state index is 13.4. The number of thioether (sulfide) groups is 1. The molecule has 0 radical (unpaired) electrons. The van der Waals surface area contributed by atoms with Crippen LogP contribution in [0, 0.1) is 0 Å². The summed E-state index contributed by atoms with van der Waals surface area (Å²) in [5, 5.41) is 0.514. The molecule has 0 saturated carbocycles. The molecule has 3 aliphatic heterocycles. The van der Waals surface area contributed by atoms with Gasteiger partial charge in [0.25, 0.3) is 5.91 Å². The van der Waals surface area contributed by atoms with Gasteiger partial charge in [-0.25, -0.2) is 4.98 Å². The molecule has 38 heavy (non-hydrogen) atoms. The molecule has 3 aliphatic rings. The average molecular weight is 543 g/mol. The summed E-state index contributed by atoms with van der Waals surface area (Å²) in [6.07, 6.45) is -0.0136. The van der Waals surface area contributed by atoms with E-state index in [1.807, 2.05) is 47.4 Å². The highest BCUT2D eigenvalue weighted by Crippen LogP contribution is 2.40. The molecule has 2 bridgehead atoms. The Kier molecular flexibility index (Phi) is 6.59. The molecule has 2 saturated heterocycles. The first-order chi connectivity index (χ1) is 18.3. The van der Waals surface area contributed by atoms with Crippen molar-refractivity contribution in [2.24, 2.45) is 0 Å². The zero-order valence-electron chi connectivity index (χ0n) is 20.3. The number of piperidine rings is 1. The van der Waals surface area contributed by atoms with Gasteiger partial charge < -0.3 is 19.1 Å². The molecule has 2 unspecified atom stereocenters. The number of hydrogen-bond donors (Lipinski definition) is 0. The van der Waals surface area contributed by atoms with Gasteiger partial charge >= 0.3 is 6.18 Å². The van der Waals surface area contributed by atoms with Crippen molar-refractivity contribution in [2.75, 3.05) is 6.79 Å². The van der Waals surface area contributed by atoms with E-state index in [0.29, 0.717) is 22.1 Å². The summed E-state index contributed by atoms with van der Waals surface area (Å²) < 4.78 is 55.2. The number of aromatic nitrogens is 1. The van der Waals surface area contributed by atoms with Gasteiger partial charge in [-0.15, -0.1) is 11.8 Å². The summed E-state index contributed by atoms with van der Waals surface area (Å²) in [5.41, 5.74) is 0.840. The van der Waals surface area contributed by atoms with Crippen molar-refractivity contribution in [1.82, 2.24) is 9.88 Å². The summed E-state index contributed by atoms with van der Waals surface area (Å²) in [6.45, 7) is 0.222. The molecule has 2 aromatic carbocycles. The van der Waals surface area contributed by atoms with E-state index < -0.39 is 11.7 Å². The molecule has 2 fully saturated rings. The number of rotatable bonds is 6. The Morgan fingerprint density at radius 3 is 2.42 bits per heavy atom. The Balaban J connectivity index is 1.04. The monoisotopic (exact) mass is 542 g/mol. The smallest absolute Gasteiger partial charge is 0.417 e. The van der Waals surface area contributed by atoms with Crippen LogP contribution in [0.25, 0.3) is 0 Å². The number of amides is 1. The van der Waals surface area contributed by atoms with Gasteiger partial charge in [0.1, 0.15) is 11.9 Å². The SMILES string of the molecule is O=C(c1ccc(CSc2ccc(C(F)(F)F)cn2)cc1)N1C2CCC1CC(Oc1ccc3c(c1)OCO3)C2. The Labute approximate surface area is 222 Å². The Hall–Kier alpha value is -3.40. The van der Waals surface area contributed by atoms with Crippen molar-refractivity contribution in [3.63, 3.8) is 0 Å². The molecule has 0 spiro atoms. The minimum atomic E-state index is -4.40. The highest BCUT2D eigenvalue weighted by Gasteiger charge is 2.44. The third-order valence-corrected chi connectivity index (χ3v) is 8.24. The third kappa shape index (κ3) is 5.14. The number of halogens is 3. The summed E-state index contributed by atoms with van der Waals surface area (Å²) in [7, 11) is 0. The zero-order valence-corrected chi connectivity index (χ0v) is 21.1. The topological polar surface area (TPSA) is 60.9 Å². The number of benzene rings is 2. The van der Waals surface area contributed by atoms with Crippen molar-refractivity contribution < 1.29 is 32.2 Å². The largest absolute Gasteiger partial charge is 0.490 e. The molecule has 6 rings (SSSR count). The third-order valence-electron chi connectivity index (χ3n) is 7.22. The maximum Gasteiger partial charge on any atom is 0.417 e. The van der Waals surface area contributed by atoms with Crippen LogP contribution >= 0.6 is 11.8 Å². The van der Waals surface area contributed by atoms with Crippen molar-refractivity contribution in [2.45, 2.75) is 60.8 Å². The van der Waals surface area contributed by atoms with Crippen molar-refractivity contribution in [3.8, 4) is 17.2 Å². The minimum absolute atomic E-state index is 0.0302. The first-order valence-corrected chi connectivity index (χ1v) is 13.5. The molecule has 198 valence electrons. The van der Waals surface area contributed by atoms with Crippen LogP contribution in [0.3, 0.4) is 0 Å². The molecule has 4 heterocycles. The fourth-order valence-corrected chi connectivity index (χ4v) is 6.18. The lowest BCUT2D eigenvalue weighted by molar-refractivity contribution is -0.137. The first-order valence-electron chi connectivity index (χ1n) is 12.5. The van der Waals surface area contributed by atoms with Crippen LogP contribution in [0.5, 0.6) is 17.2 Å². The average Bonchev–Trinajstić information content (AvgIpc) is 3.48. The second kappa shape index (κ2) is 10.1. The number of alkyl halides is 3. The second-order valence-corrected chi connectivity index (χ2v) is 10.7. The van der Waals surface area contributed by atoms with Gasteiger partial charge in [-0.1, -0.05) is 12.1 Å². The number of fused-ring (bicyclic) bond motifs is 3. The van der Waals surface area contributed by atoms with Gasteiger partial charge in [0.05, 0.1) is 10.6 Å². The summed E-state index contributed by atoms with van der Waals surface area (Å²) in [4.78, 5) is 19.3. The van der Waals surface area contributed by atoms with Crippen molar-refractivity contribution >= 4 is 17.7 Å². The van der Waals surface area contributed by atoms with Crippen LogP contribution < -0.4 is 14.2 Å². The number of carbonyl (C=O) groups excluding carboxylic acids is 1. The van der Waals surface area contributed by atoms with E-state index >= 15 is 0 Å². The fourth-order valence-electron chi connectivity index (χ4n) is 5.38. The van der Waals surface area contributed by atoms with E-state index in [4.69, 9.17) is 14.2 Å². The van der Waals surface area contributed by atoms with Crippen LogP contribution in [0.15, 0.2) is 65.8 Å². The van der Waals surface area contributed by atoms with Crippen LogP contribution in [-0.4, -0.2) is 40.8 Å². The summed E-state index contributed by atoms with van der Waals surface area (Å²) in [5.74, 6) is 2.73. The van der Waals surface area contributed by atoms with Gasteiger partial charge in [-0.05, 0) is 54.8 Å². The molecule has 10 heteroatoms. The number of pyridine rings is 1. The van der Waals surface area contributed by atoms with Gasteiger partial charge in [0.15, 0.2) is 11.5 Å². The van der Waals surface area contributed by atoms with Crippen molar-refractivity contribution in [3.05, 3.63) is 77.5 Å². The van der Waals surface area contributed by atoms with Gasteiger partial charge in [0, 0.05) is 48.5 Å². The predicted octanol–water partition coefficient (Wildman–Crippen LogP) is 6.34. The number of hydrogen-bond acceptors (Lipinski definition) is 6. The van der Waals surface area contributed by atoms with Crippen molar-refractivity contribution in [1.29, 1.82) is 0 Å². The molecule has 3 aromatic rings. The Bertz CT molecular complexity index is 1300. The maximum atomic E-state index is 13.4. The van der Waals surface area contributed by atoms with Crippen LogP contribution in [-0.2, 0) is 11.9 Å². The zero-order chi connectivity index (χ0) is 26.3. The lowest BCUT2D eigenvalue weighted by Gasteiger charge is -2.39. The molecule has 2 atom stereocenters. The lowest BCUT2D eigenvalue weighted by Crippen LogP contribution is -2.49. The summed E-state index contributed by atoms with van der Waals surface area (Å²) >= 11 is 1.35. The van der Waals surface area contributed by atoms with E-state index in [2.05, 4.69) is 4.98 Å². The lowest BCUT2D eigenvalue weighted by atomic mass is 9.98. The van der Waals surface area contributed by atoms with Crippen LogP contribution in [0.2, 0.25) is 0 Å². The molecule has 1 amide bonds. The molecular formula is C28H25F3N2O4S. The van der Waals surface area contributed by atoms with Crippen LogP contribution in [0.4, 0.5) is 13.2 Å². The first kappa shape index (κ1) is 24.9. The quantitative estimate of drug-likeness (QED) is 0.339. The van der Waals surface area contributed by atoms with E-state index in [9.17, 15) is 18.0 Å². The van der Waals surface area contributed by atoms with Gasteiger partial charge in [-0.2, -0.15) is 13.2 Å². The molecule has 1 aromatic heterocycles. The molecular weight excluding hydrogens is 517 g/mol. The van der Waals surface area contributed by atoms with E-state index in [-0.39, 0.29) is 30.9 Å². The van der Waals surface area contributed by atoms with E-state index in [0.717, 1.165) is 55.0 Å². The second-order valence-electron chi connectivity index (χ2n) is 9.69. The summed E-state index contributed by atoms with van der Waals surface area (Å²) in [6, 6.07) is 15.7. The van der Waals surface area contributed by atoms with Crippen LogP contribution in [0.1, 0.15) is 47.2 Å². The highest BCUT2D eigenvalue weighted by atomic mass is 32.2. The number of carbonyl (C=O) groups is 1. The fraction of sp³-hybridized carbons (Fsp3) is 0.357. The number of ether oxygens (including phenoxy) is 3. The standard InChI is InChI=1S/C28H25F3N2O4S/c29-28(30,31)19-5-10-26(32-14-19)38-15-17-1-3-18(4-2-17)27(34)33-20-6-7-21(33)12-23(11-20)37-22-8-9-24-25(13-22)36-16-35-24/h1-5,8-10,13-14,20-21,23H,6-7,11-12,15-16H2. The molecule has 0 aliphatic carbocycles. The van der Waals surface area contributed by atoms with E-state index in [1.54, 1.807) is 0 Å². The predicted molar refractivity (Wildman–Crippen MR) is 134 cm³/mol. The van der Waals surface area contributed by atoms with Gasteiger partial charge in [0.2, 0.25) is 6.79 Å².